The predicted octanol–water partition coefficient (Wildman–Crippen LogP) is 0.217. The lowest BCUT2D eigenvalue weighted by Crippen LogP contribution is -2.42. The number of nitrogens with zero attached hydrogens (tertiary/aromatic N) is 1. The van der Waals surface area contributed by atoms with E-state index in [9.17, 15) is 10.2 Å². The molecule has 80 valence electrons. The molecule has 3 heteroatoms. The van der Waals surface area contributed by atoms with Crippen LogP contribution in [0.4, 0.5) is 0 Å². The fraction of sp³-hybridized carbons (Fsp3) is 0.818. The van der Waals surface area contributed by atoms with Crippen molar-refractivity contribution in [2.24, 2.45) is 0 Å². The summed E-state index contributed by atoms with van der Waals surface area (Å²) in [5.74, 6) is 5.47. The van der Waals surface area contributed by atoms with Gasteiger partial charge >= 0.3 is 0 Å². The van der Waals surface area contributed by atoms with Crippen LogP contribution in [0.1, 0.15) is 26.7 Å². The fourth-order valence-corrected chi connectivity index (χ4v) is 1.38. The van der Waals surface area contributed by atoms with Crippen LogP contribution in [0.15, 0.2) is 0 Å². The summed E-state index contributed by atoms with van der Waals surface area (Å²) in [5.41, 5.74) is -1.91. The normalized spacial score (nSPS) is 22.6. The van der Waals surface area contributed by atoms with Gasteiger partial charge in [0.15, 0.2) is 0 Å². The van der Waals surface area contributed by atoms with Crippen molar-refractivity contribution in [3.05, 3.63) is 0 Å². The molecule has 0 aromatic rings. The van der Waals surface area contributed by atoms with Crippen molar-refractivity contribution in [2.45, 2.75) is 37.9 Å². The zero-order valence-electron chi connectivity index (χ0n) is 9.17. The van der Waals surface area contributed by atoms with Gasteiger partial charge in [0, 0.05) is 25.9 Å². The number of piperidine rings is 1. The van der Waals surface area contributed by atoms with Crippen molar-refractivity contribution >= 4 is 0 Å². The van der Waals surface area contributed by atoms with E-state index in [2.05, 4.69) is 16.7 Å². The first-order valence-corrected chi connectivity index (χ1v) is 4.98. The topological polar surface area (TPSA) is 43.7 Å². The molecule has 0 aromatic heterocycles. The third-order valence-electron chi connectivity index (χ3n) is 2.42. The molecule has 14 heavy (non-hydrogen) atoms. The molecule has 1 rings (SSSR count). The van der Waals surface area contributed by atoms with Crippen molar-refractivity contribution < 1.29 is 10.2 Å². The van der Waals surface area contributed by atoms with Crippen molar-refractivity contribution in [2.75, 3.05) is 20.1 Å². The van der Waals surface area contributed by atoms with Crippen LogP contribution < -0.4 is 0 Å². The molecule has 1 saturated heterocycles. The summed E-state index contributed by atoms with van der Waals surface area (Å²) < 4.78 is 0. The average molecular weight is 197 g/mol. The second-order valence-corrected chi connectivity index (χ2v) is 4.64. The molecule has 1 aliphatic rings. The molecule has 0 amide bonds. The first-order valence-electron chi connectivity index (χ1n) is 4.98. The highest BCUT2D eigenvalue weighted by atomic mass is 16.3. The summed E-state index contributed by atoms with van der Waals surface area (Å²) in [6, 6.07) is 0. The van der Waals surface area contributed by atoms with Crippen molar-refractivity contribution in [3.8, 4) is 11.8 Å². The highest BCUT2D eigenvalue weighted by Crippen LogP contribution is 2.20. The lowest BCUT2D eigenvalue weighted by Gasteiger charge is -2.32. The Kier molecular flexibility index (Phi) is 3.20. The van der Waals surface area contributed by atoms with Crippen LogP contribution >= 0.6 is 0 Å². The molecule has 1 fully saturated rings. The van der Waals surface area contributed by atoms with Gasteiger partial charge in [0.25, 0.3) is 0 Å². The Morgan fingerprint density at radius 3 is 2.21 bits per heavy atom. The van der Waals surface area contributed by atoms with E-state index in [0.29, 0.717) is 12.8 Å². The van der Waals surface area contributed by atoms with Gasteiger partial charge in [-0.1, -0.05) is 11.8 Å². The monoisotopic (exact) mass is 197 g/mol. The third kappa shape index (κ3) is 3.67. The van der Waals surface area contributed by atoms with Gasteiger partial charge < -0.3 is 15.1 Å². The molecule has 0 spiro atoms. The van der Waals surface area contributed by atoms with E-state index < -0.39 is 11.2 Å². The number of hydrogen-bond donors (Lipinski definition) is 2. The molecule has 0 aromatic carbocycles. The third-order valence-corrected chi connectivity index (χ3v) is 2.42. The highest BCUT2D eigenvalue weighted by Gasteiger charge is 2.29. The van der Waals surface area contributed by atoms with E-state index in [1.165, 1.54) is 0 Å². The Balaban J connectivity index is 2.62. The van der Waals surface area contributed by atoms with Crippen LogP contribution in [0.2, 0.25) is 0 Å². The number of aliphatic hydroxyl groups is 2. The van der Waals surface area contributed by atoms with Gasteiger partial charge in [-0.3, -0.25) is 0 Å². The lowest BCUT2D eigenvalue weighted by atomic mass is 9.91. The second kappa shape index (κ2) is 3.90. The number of hydrogen-bond acceptors (Lipinski definition) is 3. The molecule has 0 saturated carbocycles. The van der Waals surface area contributed by atoms with Crippen LogP contribution in [-0.4, -0.2) is 46.5 Å². The summed E-state index contributed by atoms with van der Waals surface area (Å²) in [7, 11) is 2.03. The van der Waals surface area contributed by atoms with Gasteiger partial charge in [0.2, 0.25) is 0 Å². The van der Waals surface area contributed by atoms with Gasteiger partial charge in [0.05, 0.1) is 0 Å². The van der Waals surface area contributed by atoms with Gasteiger partial charge in [-0.2, -0.15) is 0 Å². The SMILES string of the molecule is CN1CCC(O)(C#CC(C)(C)O)CC1. The predicted molar refractivity (Wildman–Crippen MR) is 55.8 cm³/mol. The standard InChI is InChI=1S/C11H19NO2/c1-10(2,13)4-5-11(14)6-8-12(3)9-7-11/h13-14H,6-9H2,1-3H3. The molecule has 0 atom stereocenters. The fourth-order valence-electron chi connectivity index (χ4n) is 1.38. The maximum absolute atomic E-state index is 10.0. The lowest BCUT2D eigenvalue weighted by molar-refractivity contribution is 0.0340. The Hall–Kier alpha value is -0.560. The van der Waals surface area contributed by atoms with E-state index in [4.69, 9.17) is 0 Å². The molecule has 0 aliphatic carbocycles. The summed E-state index contributed by atoms with van der Waals surface area (Å²) in [5, 5.41) is 19.5. The molecule has 1 heterocycles. The summed E-state index contributed by atoms with van der Waals surface area (Å²) in [6.45, 7) is 4.96. The zero-order chi connectivity index (χ0) is 10.8. The Bertz CT molecular complexity index is 249. The minimum atomic E-state index is -1.01. The molecular formula is C11H19NO2. The van der Waals surface area contributed by atoms with E-state index >= 15 is 0 Å². The average Bonchev–Trinajstić information content (AvgIpc) is 2.07. The number of rotatable bonds is 0. The molecule has 2 N–H and O–H groups in total. The van der Waals surface area contributed by atoms with Crippen molar-refractivity contribution in [1.29, 1.82) is 0 Å². The maximum atomic E-state index is 10.0. The first-order chi connectivity index (χ1) is 6.31. The highest BCUT2D eigenvalue weighted by molar-refractivity contribution is 5.20. The van der Waals surface area contributed by atoms with Gasteiger partial charge in [-0.25, -0.2) is 0 Å². The van der Waals surface area contributed by atoms with E-state index in [1.54, 1.807) is 13.8 Å². The van der Waals surface area contributed by atoms with Gasteiger partial charge in [0.1, 0.15) is 11.2 Å². The van der Waals surface area contributed by atoms with E-state index in [0.717, 1.165) is 13.1 Å². The molecule has 0 unspecified atom stereocenters. The molecule has 1 aliphatic heterocycles. The summed E-state index contributed by atoms with van der Waals surface area (Å²) >= 11 is 0. The van der Waals surface area contributed by atoms with E-state index in [1.807, 2.05) is 7.05 Å². The quantitative estimate of drug-likeness (QED) is 0.546. The molecular weight excluding hydrogens is 178 g/mol. The van der Waals surface area contributed by atoms with Crippen LogP contribution in [0.25, 0.3) is 0 Å². The van der Waals surface area contributed by atoms with Crippen molar-refractivity contribution in [3.63, 3.8) is 0 Å². The molecule has 0 bridgehead atoms. The van der Waals surface area contributed by atoms with Crippen LogP contribution in [0.5, 0.6) is 0 Å². The maximum Gasteiger partial charge on any atom is 0.128 e. The second-order valence-electron chi connectivity index (χ2n) is 4.64. The minimum absolute atomic E-state index is 0.659. The smallest absolute Gasteiger partial charge is 0.128 e. The number of likely N-dealkylation sites (tertiary alicyclic amines) is 1. The minimum Gasteiger partial charge on any atom is -0.378 e. The van der Waals surface area contributed by atoms with E-state index in [-0.39, 0.29) is 0 Å². The Labute approximate surface area is 85.7 Å². The Morgan fingerprint density at radius 2 is 1.79 bits per heavy atom. The van der Waals surface area contributed by atoms with Crippen molar-refractivity contribution in [1.82, 2.24) is 4.90 Å². The summed E-state index contributed by atoms with van der Waals surface area (Å²) in [6.07, 6.45) is 1.32. The van der Waals surface area contributed by atoms with Crippen LogP contribution in [-0.2, 0) is 0 Å². The Morgan fingerprint density at radius 1 is 1.29 bits per heavy atom. The van der Waals surface area contributed by atoms with Gasteiger partial charge in [-0.15, -0.1) is 0 Å². The first kappa shape index (κ1) is 11.5. The summed E-state index contributed by atoms with van der Waals surface area (Å²) in [4.78, 5) is 2.17. The van der Waals surface area contributed by atoms with Crippen LogP contribution in [0, 0.1) is 11.8 Å². The zero-order valence-corrected chi connectivity index (χ0v) is 9.17. The van der Waals surface area contributed by atoms with Crippen LogP contribution in [0.3, 0.4) is 0 Å². The largest absolute Gasteiger partial charge is 0.378 e. The van der Waals surface area contributed by atoms with Gasteiger partial charge in [-0.05, 0) is 20.9 Å². The molecule has 0 radical (unpaired) electrons. The molecule has 3 nitrogen and oxygen atoms in total.